The predicted octanol–water partition coefficient (Wildman–Crippen LogP) is 2.12. The van der Waals surface area contributed by atoms with Gasteiger partial charge in [0.2, 0.25) is 5.65 Å². The van der Waals surface area contributed by atoms with Gasteiger partial charge in [0.25, 0.3) is 0 Å². The maximum atomic E-state index is 13.4. The molecule has 4 rings (SSSR count). The molecule has 0 saturated heterocycles. The SMILES string of the molecule is O=c1c2nn(CC3CCCC3)c(=O)n2ccn1-c1ccc(F)c(F)c1. The number of hydrogen-bond acceptors (Lipinski definition) is 3. The van der Waals surface area contributed by atoms with Crippen LogP contribution in [-0.4, -0.2) is 18.7 Å². The fourth-order valence-electron chi connectivity index (χ4n) is 3.40. The molecule has 1 saturated carbocycles. The van der Waals surface area contributed by atoms with Crippen molar-refractivity contribution < 1.29 is 8.78 Å². The van der Waals surface area contributed by atoms with E-state index in [1.165, 1.54) is 27.5 Å². The lowest BCUT2D eigenvalue weighted by atomic mass is 10.1. The Labute approximate surface area is 140 Å². The largest absolute Gasteiger partial charge is 0.350 e. The van der Waals surface area contributed by atoms with Crippen molar-refractivity contribution in [2.75, 3.05) is 0 Å². The van der Waals surface area contributed by atoms with Crippen molar-refractivity contribution in [3.8, 4) is 5.69 Å². The zero-order valence-corrected chi connectivity index (χ0v) is 13.4. The molecule has 1 fully saturated rings. The van der Waals surface area contributed by atoms with E-state index < -0.39 is 17.2 Å². The van der Waals surface area contributed by atoms with Crippen LogP contribution in [-0.2, 0) is 6.54 Å². The van der Waals surface area contributed by atoms with Crippen molar-refractivity contribution in [3.63, 3.8) is 0 Å². The Morgan fingerprint density at radius 2 is 1.84 bits per heavy atom. The fourth-order valence-corrected chi connectivity index (χ4v) is 3.40. The highest BCUT2D eigenvalue weighted by molar-refractivity contribution is 5.40. The van der Waals surface area contributed by atoms with Crippen molar-refractivity contribution in [3.05, 3.63) is 63.1 Å². The molecule has 6 nitrogen and oxygen atoms in total. The van der Waals surface area contributed by atoms with Crippen LogP contribution >= 0.6 is 0 Å². The summed E-state index contributed by atoms with van der Waals surface area (Å²) in [7, 11) is 0. The van der Waals surface area contributed by atoms with Gasteiger partial charge < -0.3 is 0 Å². The highest BCUT2D eigenvalue weighted by atomic mass is 19.2. The van der Waals surface area contributed by atoms with E-state index in [9.17, 15) is 18.4 Å². The number of nitrogens with zero attached hydrogens (tertiary/aromatic N) is 4. The van der Waals surface area contributed by atoms with Gasteiger partial charge in [-0.2, -0.15) is 0 Å². The van der Waals surface area contributed by atoms with Crippen LogP contribution in [0.1, 0.15) is 25.7 Å². The summed E-state index contributed by atoms with van der Waals surface area (Å²) in [5.74, 6) is -1.64. The van der Waals surface area contributed by atoms with Crippen LogP contribution in [0.4, 0.5) is 8.78 Å². The average Bonchev–Trinajstić information content (AvgIpc) is 3.21. The first-order valence-electron chi connectivity index (χ1n) is 8.21. The van der Waals surface area contributed by atoms with Crippen molar-refractivity contribution in [2.24, 2.45) is 5.92 Å². The lowest BCUT2D eigenvalue weighted by Crippen LogP contribution is -2.25. The smallest absolute Gasteiger partial charge is 0.279 e. The van der Waals surface area contributed by atoms with Gasteiger partial charge in [0.15, 0.2) is 11.6 Å². The molecule has 3 aromatic rings. The van der Waals surface area contributed by atoms with Crippen LogP contribution < -0.4 is 11.2 Å². The molecule has 0 radical (unpaired) electrons. The van der Waals surface area contributed by atoms with E-state index in [0.717, 1.165) is 42.4 Å². The first-order valence-corrected chi connectivity index (χ1v) is 8.21. The van der Waals surface area contributed by atoms with Gasteiger partial charge in [-0.05, 0) is 30.9 Å². The number of aromatic nitrogens is 4. The molecule has 2 aromatic heterocycles. The number of hydrogen-bond donors (Lipinski definition) is 0. The van der Waals surface area contributed by atoms with Gasteiger partial charge in [-0.3, -0.25) is 9.36 Å². The standard InChI is InChI=1S/C17H16F2N4O2/c18-13-6-5-12(9-14(13)19)21-7-8-22-15(16(21)24)20-23(17(22)25)10-11-3-1-2-4-11/h5-9,11H,1-4,10H2. The van der Waals surface area contributed by atoms with Crippen LogP contribution in [0, 0.1) is 17.6 Å². The summed E-state index contributed by atoms with van der Waals surface area (Å²) in [6, 6.07) is 3.18. The number of benzene rings is 1. The Balaban J connectivity index is 1.80. The molecule has 0 amide bonds. The molecule has 0 aliphatic heterocycles. The summed E-state index contributed by atoms with van der Waals surface area (Å²) >= 11 is 0. The highest BCUT2D eigenvalue weighted by Crippen LogP contribution is 2.25. The second-order valence-electron chi connectivity index (χ2n) is 6.38. The zero-order chi connectivity index (χ0) is 17.6. The lowest BCUT2D eigenvalue weighted by molar-refractivity contribution is 0.420. The predicted molar refractivity (Wildman–Crippen MR) is 86.9 cm³/mol. The van der Waals surface area contributed by atoms with Crippen LogP contribution in [0.15, 0.2) is 40.2 Å². The maximum Gasteiger partial charge on any atom is 0.350 e. The van der Waals surface area contributed by atoms with Gasteiger partial charge >= 0.3 is 11.2 Å². The highest BCUT2D eigenvalue weighted by Gasteiger charge is 2.19. The van der Waals surface area contributed by atoms with Gasteiger partial charge in [0.1, 0.15) is 0 Å². The monoisotopic (exact) mass is 346 g/mol. The maximum absolute atomic E-state index is 13.4. The summed E-state index contributed by atoms with van der Waals surface area (Å²) in [6.45, 7) is 0.491. The molecule has 1 aromatic carbocycles. The summed E-state index contributed by atoms with van der Waals surface area (Å²) in [6.07, 6.45) is 7.17. The topological polar surface area (TPSA) is 61.3 Å². The minimum Gasteiger partial charge on any atom is -0.279 e. The Morgan fingerprint density at radius 1 is 1.08 bits per heavy atom. The Morgan fingerprint density at radius 3 is 2.56 bits per heavy atom. The van der Waals surface area contributed by atoms with Crippen LogP contribution in [0.2, 0.25) is 0 Å². The summed E-state index contributed by atoms with van der Waals surface area (Å²) in [5, 5.41) is 4.17. The van der Waals surface area contributed by atoms with Gasteiger partial charge in [-0.25, -0.2) is 22.7 Å². The van der Waals surface area contributed by atoms with E-state index in [1.807, 2.05) is 0 Å². The Hall–Kier alpha value is -2.77. The van der Waals surface area contributed by atoms with Crippen molar-refractivity contribution >= 4 is 5.65 Å². The van der Waals surface area contributed by atoms with Crippen LogP contribution in [0.25, 0.3) is 11.3 Å². The number of fused-ring (bicyclic) bond motifs is 1. The van der Waals surface area contributed by atoms with Crippen LogP contribution in [0.3, 0.4) is 0 Å². The lowest BCUT2D eigenvalue weighted by Gasteiger charge is -2.06. The van der Waals surface area contributed by atoms with E-state index in [0.29, 0.717) is 12.5 Å². The normalized spacial score (nSPS) is 15.3. The second-order valence-corrected chi connectivity index (χ2v) is 6.38. The molecule has 0 bridgehead atoms. The van der Waals surface area contributed by atoms with E-state index >= 15 is 0 Å². The van der Waals surface area contributed by atoms with Crippen molar-refractivity contribution in [2.45, 2.75) is 32.2 Å². The second kappa shape index (κ2) is 5.94. The third-order valence-electron chi connectivity index (χ3n) is 4.73. The molecule has 25 heavy (non-hydrogen) atoms. The van der Waals surface area contributed by atoms with E-state index in [1.54, 1.807) is 0 Å². The number of rotatable bonds is 3. The van der Waals surface area contributed by atoms with Gasteiger partial charge in [-0.15, -0.1) is 5.10 Å². The summed E-state index contributed by atoms with van der Waals surface area (Å²) < 4.78 is 30.2. The molecule has 0 N–H and O–H groups in total. The third kappa shape index (κ3) is 2.67. The molecular weight excluding hydrogens is 330 g/mol. The quantitative estimate of drug-likeness (QED) is 0.730. The minimum absolute atomic E-state index is 0.0322. The summed E-state index contributed by atoms with van der Waals surface area (Å²) in [5.41, 5.74) is -0.786. The molecule has 130 valence electrons. The first kappa shape index (κ1) is 15.7. The van der Waals surface area contributed by atoms with Crippen molar-refractivity contribution in [1.82, 2.24) is 18.7 Å². The first-order chi connectivity index (χ1) is 12.0. The zero-order valence-electron chi connectivity index (χ0n) is 13.4. The van der Waals surface area contributed by atoms with E-state index in [2.05, 4.69) is 5.10 Å². The molecule has 1 aliphatic carbocycles. The Kier molecular flexibility index (Phi) is 3.74. The molecule has 1 aliphatic rings. The Bertz CT molecular complexity index is 1060. The molecule has 2 heterocycles. The number of halogens is 2. The van der Waals surface area contributed by atoms with Gasteiger partial charge in [0, 0.05) is 25.0 Å². The molecule has 0 atom stereocenters. The van der Waals surface area contributed by atoms with Crippen LogP contribution in [0.5, 0.6) is 0 Å². The van der Waals surface area contributed by atoms with E-state index in [-0.39, 0.29) is 17.0 Å². The average molecular weight is 346 g/mol. The molecule has 0 spiro atoms. The van der Waals surface area contributed by atoms with Gasteiger partial charge in [0.05, 0.1) is 5.69 Å². The molecular formula is C17H16F2N4O2. The van der Waals surface area contributed by atoms with E-state index in [4.69, 9.17) is 0 Å². The summed E-state index contributed by atoms with van der Waals surface area (Å²) in [4.78, 5) is 25.1. The third-order valence-corrected chi connectivity index (χ3v) is 4.73. The molecule has 8 heteroatoms. The van der Waals surface area contributed by atoms with Crippen molar-refractivity contribution in [1.29, 1.82) is 0 Å². The van der Waals surface area contributed by atoms with Gasteiger partial charge in [-0.1, -0.05) is 12.8 Å². The minimum atomic E-state index is -1.05. The molecule has 0 unspecified atom stereocenters. The fraction of sp³-hybridized carbons (Fsp3) is 0.353.